The van der Waals surface area contributed by atoms with Crippen molar-refractivity contribution in [3.8, 4) is 0 Å². The van der Waals surface area contributed by atoms with Gasteiger partial charge in [0.1, 0.15) is 58.2 Å². The summed E-state index contributed by atoms with van der Waals surface area (Å²) in [5.74, 6) is -7.28. The molecule has 0 saturated carbocycles. The molecule has 0 unspecified atom stereocenters. The summed E-state index contributed by atoms with van der Waals surface area (Å²) >= 11 is 0. The van der Waals surface area contributed by atoms with Gasteiger partial charge in [-0.05, 0) is 174 Å². The summed E-state index contributed by atoms with van der Waals surface area (Å²) in [6.45, 7) is 8.09. The van der Waals surface area contributed by atoms with Gasteiger partial charge in [-0.2, -0.15) is 25.5 Å². The first-order chi connectivity index (χ1) is 62.4. The fourth-order valence-electron chi connectivity index (χ4n) is 12.4. The van der Waals surface area contributed by atoms with Gasteiger partial charge in [-0.15, -0.1) is 0 Å². The molecule has 0 fully saturated rings. The predicted octanol–water partition coefficient (Wildman–Crippen LogP) is 18.9. The van der Waals surface area contributed by atoms with Crippen LogP contribution in [0.4, 0.5) is 72.3 Å². The molecule has 0 aliphatic rings. The Labute approximate surface area is 740 Å². The molecule has 0 radical (unpaired) electrons. The van der Waals surface area contributed by atoms with E-state index in [1.165, 1.54) is 131 Å². The molecule has 15 aromatic rings. The van der Waals surface area contributed by atoms with E-state index in [-0.39, 0.29) is 103 Å². The number of aliphatic hydroxyl groups excluding tert-OH is 3. The van der Waals surface area contributed by atoms with Crippen LogP contribution < -0.4 is 26.6 Å². The van der Waals surface area contributed by atoms with Crippen LogP contribution in [0.15, 0.2) is 182 Å². The third-order valence-electron chi connectivity index (χ3n) is 19.2. The monoisotopic (exact) mass is 1800 g/mol. The molecule has 0 bridgehead atoms. The summed E-state index contributed by atoms with van der Waals surface area (Å²) in [6, 6.07) is 44.3. The number of carbonyl (C=O) groups is 5. The molecular weight excluding hydrogens is 1710 g/mol. The topological polar surface area (TPSA) is 390 Å². The fraction of sp³-hybridized carbons (Fsp3) is 0.167. The van der Waals surface area contributed by atoms with Gasteiger partial charge in [-0.1, -0.05) is 91.0 Å². The number of nitrogens with zero attached hydrogens (tertiary/aromatic N) is 5. The minimum atomic E-state index is -1.20. The number of hydrogen-bond acceptors (Lipinski definition) is 15. The Kier molecular flexibility index (Phi) is 32.0. The van der Waals surface area contributed by atoms with Crippen molar-refractivity contribution < 1.29 is 93.4 Å². The number of benzene rings is 10. The van der Waals surface area contributed by atoms with E-state index in [2.05, 4.69) is 77.6 Å². The Morgan fingerprint density at radius 3 is 0.802 bits per heavy atom. The lowest BCUT2D eigenvalue weighted by Crippen LogP contribution is -2.34. The van der Waals surface area contributed by atoms with E-state index in [9.17, 15) is 83.2 Å². The Morgan fingerprint density at radius 1 is 0.313 bits per heavy atom. The van der Waals surface area contributed by atoms with E-state index in [1.54, 1.807) is 153 Å². The molecule has 0 saturated heterocycles. The zero-order valence-corrected chi connectivity index (χ0v) is 70.8. The number of nitrogens with one attached hydrogen (secondary N) is 10. The molecule has 15 N–H and O–H groups in total. The highest BCUT2D eigenvalue weighted by Crippen LogP contribution is 2.33. The van der Waals surface area contributed by atoms with E-state index in [0.717, 1.165) is 11.1 Å². The number of amides is 5. The molecule has 0 aliphatic carbocycles. The van der Waals surface area contributed by atoms with Crippen molar-refractivity contribution in [2.45, 2.75) is 78.4 Å². The van der Waals surface area contributed by atoms with Gasteiger partial charge < -0.3 is 52.1 Å². The largest absolute Gasteiger partial charge is 0.396 e. The van der Waals surface area contributed by atoms with Gasteiger partial charge in [0.25, 0.3) is 0 Å². The first-order valence-electron chi connectivity index (χ1n) is 40.2. The highest BCUT2D eigenvalue weighted by atomic mass is 19.2. The molecule has 5 aromatic heterocycles. The summed E-state index contributed by atoms with van der Waals surface area (Å²) in [6.07, 6.45) is 15.9. The van der Waals surface area contributed by atoms with Gasteiger partial charge in [-0.25, -0.2) is 43.9 Å². The van der Waals surface area contributed by atoms with Crippen molar-refractivity contribution in [2.24, 2.45) is 5.41 Å². The van der Waals surface area contributed by atoms with Crippen molar-refractivity contribution >= 4 is 173 Å². The van der Waals surface area contributed by atoms with E-state index in [1.807, 2.05) is 0 Å². The molecule has 0 atom stereocenters. The van der Waals surface area contributed by atoms with Crippen LogP contribution in [-0.4, -0.2) is 137 Å². The predicted molar refractivity (Wildman–Crippen MR) is 486 cm³/mol. The van der Waals surface area contributed by atoms with Crippen LogP contribution in [0.1, 0.15) is 124 Å². The van der Waals surface area contributed by atoms with Crippen LogP contribution in [-0.2, 0) is 24.0 Å². The smallest absolute Gasteiger partial charge is 0.232 e. The molecule has 5 amide bonds. The van der Waals surface area contributed by atoms with Crippen LogP contribution in [0, 0.1) is 63.6 Å². The Morgan fingerprint density at radius 2 is 0.557 bits per heavy atom. The van der Waals surface area contributed by atoms with Crippen LogP contribution >= 0.6 is 0 Å². The zero-order valence-electron chi connectivity index (χ0n) is 70.8. The second-order valence-corrected chi connectivity index (χ2v) is 31.4. The normalized spacial score (nSPS) is 11.8. The van der Waals surface area contributed by atoms with Gasteiger partial charge in [0.05, 0.1) is 147 Å². The highest BCUT2D eigenvalue weighted by molar-refractivity contribution is 6.03. The van der Waals surface area contributed by atoms with Crippen LogP contribution in [0.2, 0.25) is 0 Å². The van der Waals surface area contributed by atoms with E-state index >= 15 is 0 Å². The molecule has 35 heteroatoms. The third kappa shape index (κ3) is 26.9. The lowest BCUT2D eigenvalue weighted by molar-refractivity contribution is -0.126. The Balaban J connectivity index is 0.000000158. The second kappa shape index (κ2) is 43.5. The standard InChI is InChI=1S/3C20H19F2N3O2.2C18H15F2N3O2/c1-20(2,27)11-19(26)23-18-9-14-16(24-25-17(14)10-15(18)22)8-5-12-3-6-13(21)7-4-12;1-20(2,11-26)19(27)23-18-9-13-16(24-25-17(13)10-15(18)22)8-7-12-5-3-4-6-14(12)21;1-20(2,27)11-19(26)23-18-9-13-16(24-25-17(13)10-15(18)22)8-7-12-5-3-4-6-14(12)21;19-12-4-1-11(2-5-12)3-6-15-13-9-17(21-18(25)7-8-24)14(20)10-16(13)23-22-15;19-13-4-2-1-3-11(13)5-6-15-12-9-17(21-18(25)7-8-24)14(20)10-16(12)23-22-15/h3-10,27H,11H2,1-2H3,(H,23,26)(H,24,25);3-10,26H,11H2,1-2H3,(H,23,27)(H,24,25);3-10,27H,11H2,1-2H3,(H,23,26)(H,24,25);2*1-6,9-10,24H,7-8H2,(H,21,25)(H,22,23)/b8-5+;2*8-7+;6-3+;6-5+. The molecule has 0 spiro atoms. The number of carbonyl (C=O) groups excluding carboxylic acids is 5. The second-order valence-electron chi connectivity index (χ2n) is 31.4. The van der Waals surface area contributed by atoms with Crippen LogP contribution in [0.5, 0.6) is 0 Å². The van der Waals surface area contributed by atoms with Gasteiger partial charge in [0.2, 0.25) is 29.5 Å². The summed E-state index contributed by atoms with van der Waals surface area (Å²) < 4.78 is 138. The summed E-state index contributed by atoms with van der Waals surface area (Å²) in [5, 5.41) is 95.6. The highest BCUT2D eigenvalue weighted by Gasteiger charge is 2.29. The molecule has 5 heterocycles. The molecule has 10 aromatic carbocycles. The van der Waals surface area contributed by atoms with Gasteiger partial charge in [0, 0.05) is 74.0 Å². The number of aromatic nitrogens is 10. The summed E-state index contributed by atoms with van der Waals surface area (Å²) in [5.41, 5.74) is 4.15. The average Bonchev–Trinajstić information content (AvgIpc) is 1.70. The minimum Gasteiger partial charge on any atom is -0.396 e. The number of halogens is 10. The maximum absolute atomic E-state index is 14.3. The molecule has 0 aliphatic heterocycles. The van der Waals surface area contributed by atoms with Crippen molar-refractivity contribution in [3.05, 3.63) is 296 Å². The van der Waals surface area contributed by atoms with Crippen LogP contribution in [0.25, 0.3) is 115 Å². The summed E-state index contributed by atoms with van der Waals surface area (Å²) in [4.78, 5) is 59.3. The fourth-order valence-corrected chi connectivity index (χ4v) is 12.4. The SMILES string of the molecule is CC(C)(CO)C(=O)Nc1cc2c(/C=C/c3ccccc3F)n[nH]c2cc1F.CC(C)(O)CC(=O)Nc1cc2c(/C=C/c3ccc(F)cc3)n[nH]c2cc1F.CC(C)(O)CC(=O)Nc1cc2c(/C=C/c3ccccc3F)n[nH]c2cc1F.O=C(CCO)Nc1cc2c(/C=C/c3ccc(F)cc3)n[nH]c2cc1F.O=C(CCO)Nc1cc2c(/C=C/c3ccccc3F)n[nH]c2cc1F. The van der Waals surface area contributed by atoms with Crippen molar-refractivity contribution in [2.75, 3.05) is 46.4 Å². The van der Waals surface area contributed by atoms with E-state index in [4.69, 9.17) is 10.2 Å². The number of fused-ring (bicyclic) bond motifs is 5. The van der Waals surface area contributed by atoms with Gasteiger partial charge >= 0.3 is 0 Å². The van der Waals surface area contributed by atoms with Crippen molar-refractivity contribution in [3.63, 3.8) is 0 Å². The van der Waals surface area contributed by atoms with Crippen molar-refractivity contribution in [1.82, 2.24) is 51.0 Å². The van der Waals surface area contributed by atoms with Crippen molar-refractivity contribution in [1.29, 1.82) is 0 Å². The lowest BCUT2D eigenvalue weighted by Gasteiger charge is -2.20. The average molecular weight is 1800 g/mol. The van der Waals surface area contributed by atoms with E-state index in [0.29, 0.717) is 99.7 Å². The molecule has 131 heavy (non-hydrogen) atoms. The third-order valence-corrected chi connectivity index (χ3v) is 19.2. The summed E-state index contributed by atoms with van der Waals surface area (Å²) in [7, 11) is 0. The molecule has 676 valence electrons. The van der Waals surface area contributed by atoms with Gasteiger partial charge in [-0.3, -0.25) is 49.5 Å². The number of anilines is 5. The Hall–Kier alpha value is -15.3. The molecular formula is C96H87F10N15O10. The molecule has 15 rings (SSSR count). The van der Waals surface area contributed by atoms with E-state index < -0.39 is 75.2 Å². The maximum Gasteiger partial charge on any atom is 0.232 e. The Bertz CT molecular complexity index is 6810. The maximum atomic E-state index is 14.3. The number of aliphatic hydroxyl groups is 5. The van der Waals surface area contributed by atoms with Crippen LogP contribution in [0.3, 0.4) is 0 Å². The first-order valence-corrected chi connectivity index (χ1v) is 40.2. The van der Waals surface area contributed by atoms with Gasteiger partial charge in [0.15, 0.2) is 0 Å². The number of H-pyrrole nitrogens is 5. The lowest BCUT2D eigenvalue weighted by atomic mass is 9.93. The quantitative estimate of drug-likeness (QED) is 0.0236. The first kappa shape index (κ1) is 96.3. The zero-order chi connectivity index (χ0) is 94.4. The minimum absolute atomic E-state index is 0.00658. The number of aromatic amines is 5. The molecule has 25 nitrogen and oxygen atoms in total. The number of rotatable bonds is 25. The number of hydrogen-bond donors (Lipinski definition) is 15.